The maximum atomic E-state index is 12.2. The molecule has 0 aliphatic rings. The first-order valence-corrected chi connectivity index (χ1v) is 5.76. The number of pyridine rings is 1. The molecular formula is C6H5ClF2N2O3S. The van der Waals surface area contributed by atoms with E-state index in [-0.39, 0.29) is 0 Å². The van der Waals surface area contributed by atoms with Crippen molar-refractivity contribution < 1.29 is 22.3 Å². The average molecular weight is 259 g/mol. The molecule has 0 unspecified atom stereocenters. The fourth-order valence-corrected chi connectivity index (χ4v) is 1.79. The van der Waals surface area contributed by atoms with Crippen LogP contribution < -0.4 is 5.73 Å². The molecule has 1 aromatic heterocycles. The number of nitrogens with two attached hydrogens (primary N) is 1. The third kappa shape index (κ3) is 2.45. The minimum atomic E-state index is -4.31. The average Bonchev–Trinajstić information content (AvgIpc) is 2.00. The summed E-state index contributed by atoms with van der Waals surface area (Å²) in [6.07, 6.45) is -3.12. The summed E-state index contributed by atoms with van der Waals surface area (Å²) in [6, 6.07) is 0.657. The highest BCUT2D eigenvalue weighted by atomic mass is 35.7. The summed E-state index contributed by atoms with van der Waals surface area (Å²) in [4.78, 5) is 3.00. The molecule has 0 saturated heterocycles. The van der Waals surface area contributed by atoms with Crippen LogP contribution in [0.25, 0.3) is 0 Å². The van der Waals surface area contributed by atoms with Crippen molar-refractivity contribution in [1.82, 2.24) is 4.98 Å². The Balaban J connectivity index is 3.50. The second-order valence-electron chi connectivity index (χ2n) is 2.53. The van der Waals surface area contributed by atoms with Crippen LogP contribution in [0.1, 0.15) is 12.1 Å². The van der Waals surface area contributed by atoms with Gasteiger partial charge < -0.3 is 10.8 Å². The standard InChI is InChI=1S/C6H5ClF2N2O3S/c7-15(13,14)6-2(10)1-3(12)4(11-6)5(8)9/h1,5,12H,10H2. The fourth-order valence-electron chi connectivity index (χ4n) is 0.870. The molecule has 1 heterocycles. The zero-order chi connectivity index (χ0) is 11.8. The maximum Gasteiger partial charge on any atom is 0.284 e. The van der Waals surface area contributed by atoms with Crippen LogP contribution in [-0.2, 0) is 9.05 Å². The van der Waals surface area contributed by atoms with Crippen LogP contribution in [-0.4, -0.2) is 18.5 Å². The fraction of sp³-hybridized carbons (Fsp3) is 0.167. The molecule has 1 rings (SSSR count). The van der Waals surface area contributed by atoms with Crippen LogP contribution in [0, 0.1) is 0 Å². The summed E-state index contributed by atoms with van der Waals surface area (Å²) in [6.45, 7) is 0. The molecule has 84 valence electrons. The van der Waals surface area contributed by atoms with Gasteiger partial charge in [-0.05, 0) is 0 Å². The van der Waals surface area contributed by atoms with Crippen LogP contribution in [0.2, 0.25) is 0 Å². The summed E-state index contributed by atoms with van der Waals surface area (Å²) in [7, 11) is 0.581. The van der Waals surface area contributed by atoms with Gasteiger partial charge in [-0.2, -0.15) is 0 Å². The largest absolute Gasteiger partial charge is 0.506 e. The predicted molar refractivity (Wildman–Crippen MR) is 48.3 cm³/mol. The molecule has 0 amide bonds. The Bertz CT molecular complexity index is 491. The Kier molecular flexibility index (Phi) is 3.00. The van der Waals surface area contributed by atoms with Gasteiger partial charge in [-0.1, -0.05) is 0 Å². The maximum absolute atomic E-state index is 12.2. The summed E-state index contributed by atoms with van der Waals surface area (Å²) < 4.78 is 46.1. The lowest BCUT2D eigenvalue weighted by Crippen LogP contribution is -2.04. The van der Waals surface area contributed by atoms with Crippen molar-refractivity contribution in [3.63, 3.8) is 0 Å². The second kappa shape index (κ2) is 3.78. The van der Waals surface area contributed by atoms with E-state index < -0.39 is 37.6 Å². The van der Waals surface area contributed by atoms with Crippen molar-refractivity contribution in [3.8, 4) is 5.75 Å². The van der Waals surface area contributed by atoms with Gasteiger partial charge in [0.2, 0.25) is 0 Å². The predicted octanol–water partition coefficient (Wildman–Crippen LogP) is 1.23. The number of anilines is 1. The van der Waals surface area contributed by atoms with Crippen molar-refractivity contribution in [2.75, 3.05) is 5.73 Å². The van der Waals surface area contributed by atoms with Crippen LogP contribution in [0.5, 0.6) is 5.75 Å². The third-order valence-electron chi connectivity index (χ3n) is 1.46. The SMILES string of the molecule is Nc1cc(O)c(C(F)F)nc1S(=O)(=O)Cl. The molecular weight excluding hydrogens is 254 g/mol. The number of aromatic hydroxyl groups is 1. The zero-order valence-corrected chi connectivity index (χ0v) is 8.56. The van der Waals surface area contributed by atoms with E-state index in [4.69, 9.17) is 21.5 Å². The van der Waals surface area contributed by atoms with E-state index in [0.717, 1.165) is 0 Å². The van der Waals surface area contributed by atoms with Gasteiger partial charge >= 0.3 is 0 Å². The summed E-state index contributed by atoms with van der Waals surface area (Å²) in [5.74, 6) is -0.883. The Morgan fingerprint density at radius 2 is 2.07 bits per heavy atom. The van der Waals surface area contributed by atoms with E-state index in [2.05, 4.69) is 4.98 Å². The van der Waals surface area contributed by atoms with Crippen molar-refractivity contribution in [1.29, 1.82) is 0 Å². The molecule has 0 radical (unpaired) electrons. The number of hydrogen-bond acceptors (Lipinski definition) is 5. The van der Waals surface area contributed by atoms with Gasteiger partial charge in [0.25, 0.3) is 15.5 Å². The van der Waals surface area contributed by atoms with Crippen molar-refractivity contribution in [3.05, 3.63) is 11.8 Å². The Hall–Kier alpha value is -1.15. The molecule has 15 heavy (non-hydrogen) atoms. The number of aromatic nitrogens is 1. The number of alkyl halides is 2. The minimum absolute atomic E-state index is 0.494. The number of nitrogen functional groups attached to an aromatic ring is 1. The lowest BCUT2D eigenvalue weighted by Gasteiger charge is -2.06. The number of nitrogens with zero attached hydrogens (tertiary/aromatic N) is 1. The monoisotopic (exact) mass is 258 g/mol. The van der Waals surface area contributed by atoms with Gasteiger partial charge in [0, 0.05) is 16.7 Å². The Morgan fingerprint density at radius 1 is 1.53 bits per heavy atom. The highest BCUT2D eigenvalue weighted by Crippen LogP contribution is 2.31. The van der Waals surface area contributed by atoms with Gasteiger partial charge in [-0.3, -0.25) is 0 Å². The molecule has 5 nitrogen and oxygen atoms in total. The van der Waals surface area contributed by atoms with Gasteiger partial charge in [0.1, 0.15) is 11.4 Å². The molecule has 0 aliphatic heterocycles. The second-order valence-corrected chi connectivity index (χ2v) is 5.01. The number of hydrogen-bond donors (Lipinski definition) is 2. The molecule has 0 aromatic carbocycles. The van der Waals surface area contributed by atoms with Crippen LogP contribution >= 0.6 is 10.7 Å². The molecule has 9 heteroatoms. The van der Waals surface area contributed by atoms with Crippen molar-refractivity contribution in [2.45, 2.75) is 11.5 Å². The quantitative estimate of drug-likeness (QED) is 0.779. The van der Waals surface area contributed by atoms with Gasteiger partial charge in [-0.15, -0.1) is 0 Å². The molecule has 0 saturated carbocycles. The first kappa shape index (κ1) is 11.9. The molecule has 1 aromatic rings. The van der Waals surface area contributed by atoms with Crippen molar-refractivity contribution >= 4 is 25.4 Å². The van der Waals surface area contributed by atoms with Gasteiger partial charge in [0.05, 0.1) is 5.69 Å². The first-order chi connectivity index (χ1) is 6.73. The van der Waals surface area contributed by atoms with Crippen LogP contribution in [0.4, 0.5) is 14.5 Å². The smallest absolute Gasteiger partial charge is 0.284 e. The van der Waals surface area contributed by atoms with E-state index in [1.165, 1.54) is 0 Å². The zero-order valence-electron chi connectivity index (χ0n) is 6.99. The number of halogens is 3. The highest BCUT2D eigenvalue weighted by Gasteiger charge is 2.23. The molecule has 3 N–H and O–H groups in total. The molecule has 0 fully saturated rings. The summed E-state index contributed by atoms with van der Waals surface area (Å²) >= 11 is 0. The van der Waals surface area contributed by atoms with E-state index in [0.29, 0.717) is 6.07 Å². The summed E-state index contributed by atoms with van der Waals surface area (Å²) in [5, 5.41) is 8.10. The van der Waals surface area contributed by atoms with Crippen molar-refractivity contribution in [2.24, 2.45) is 0 Å². The first-order valence-electron chi connectivity index (χ1n) is 3.45. The summed E-state index contributed by atoms with van der Waals surface area (Å²) in [5.41, 5.74) is 3.57. The Morgan fingerprint density at radius 3 is 2.47 bits per heavy atom. The molecule has 0 spiro atoms. The molecule has 0 aliphatic carbocycles. The van der Waals surface area contributed by atoms with Crippen LogP contribution in [0.15, 0.2) is 11.1 Å². The molecule has 0 bridgehead atoms. The Labute approximate surface area is 87.9 Å². The van der Waals surface area contributed by atoms with Gasteiger partial charge in [0.15, 0.2) is 5.03 Å². The van der Waals surface area contributed by atoms with E-state index >= 15 is 0 Å². The highest BCUT2D eigenvalue weighted by molar-refractivity contribution is 8.13. The minimum Gasteiger partial charge on any atom is -0.506 e. The third-order valence-corrected chi connectivity index (χ3v) is 2.69. The van der Waals surface area contributed by atoms with E-state index in [1.807, 2.05) is 0 Å². The number of rotatable bonds is 2. The molecule has 0 atom stereocenters. The topological polar surface area (TPSA) is 93.3 Å². The lowest BCUT2D eigenvalue weighted by atomic mass is 10.3. The van der Waals surface area contributed by atoms with E-state index in [9.17, 15) is 17.2 Å². The van der Waals surface area contributed by atoms with Crippen LogP contribution in [0.3, 0.4) is 0 Å². The normalized spacial score (nSPS) is 12.0. The van der Waals surface area contributed by atoms with Gasteiger partial charge in [-0.25, -0.2) is 22.2 Å². The lowest BCUT2D eigenvalue weighted by molar-refractivity contribution is 0.141. The van der Waals surface area contributed by atoms with E-state index in [1.54, 1.807) is 0 Å².